The summed E-state index contributed by atoms with van der Waals surface area (Å²) in [5.41, 5.74) is 1.80. The van der Waals surface area contributed by atoms with Gasteiger partial charge in [0.1, 0.15) is 22.8 Å². The maximum absolute atomic E-state index is 12.9. The van der Waals surface area contributed by atoms with Crippen molar-refractivity contribution in [3.05, 3.63) is 76.3 Å². The highest BCUT2D eigenvalue weighted by Crippen LogP contribution is 2.26. The highest BCUT2D eigenvalue weighted by atomic mass is 32.1. The van der Waals surface area contributed by atoms with Crippen LogP contribution < -0.4 is 5.32 Å². The number of anilines is 1. The number of nitrogens with zero attached hydrogens (tertiary/aromatic N) is 3. The molecule has 0 unspecified atom stereocenters. The van der Waals surface area contributed by atoms with Crippen molar-refractivity contribution in [3.63, 3.8) is 0 Å². The van der Waals surface area contributed by atoms with E-state index in [9.17, 15) is 4.79 Å². The molecule has 7 heteroatoms. The zero-order chi connectivity index (χ0) is 17.9. The largest absolute Gasteiger partial charge is 0.360 e. The number of nitrogens with one attached hydrogen (secondary N) is 1. The van der Waals surface area contributed by atoms with Crippen LogP contribution in [0.25, 0.3) is 11.3 Å². The van der Waals surface area contributed by atoms with E-state index < -0.39 is 0 Å². The van der Waals surface area contributed by atoms with E-state index >= 15 is 0 Å². The van der Waals surface area contributed by atoms with Gasteiger partial charge in [0.25, 0.3) is 5.91 Å². The molecule has 1 aromatic carbocycles. The third kappa shape index (κ3) is 3.16. The summed E-state index contributed by atoms with van der Waals surface area (Å²) >= 11 is 1.65. The fourth-order valence-electron chi connectivity index (χ4n) is 2.73. The molecule has 0 aliphatic heterocycles. The number of aromatic nitrogens is 3. The molecule has 0 bridgehead atoms. The first-order chi connectivity index (χ1) is 12.7. The fraction of sp³-hybridized carbons (Fsp3) is 0.105. The molecule has 1 amide bonds. The summed E-state index contributed by atoms with van der Waals surface area (Å²) in [5.74, 6) is 0.837. The molecule has 0 atom stereocenters. The second-order valence-electron chi connectivity index (χ2n) is 5.74. The van der Waals surface area contributed by atoms with Gasteiger partial charge in [0.2, 0.25) is 0 Å². The van der Waals surface area contributed by atoms with Gasteiger partial charge in [0.15, 0.2) is 0 Å². The predicted molar refractivity (Wildman–Crippen MR) is 100 cm³/mol. The van der Waals surface area contributed by atoms with E-state index in [0.717, 1.165) is 10.4 Å². The van der Waals surface area contributed by atoms with Gasteiger partial charge in [-0.25, -0.2) is 4.68 Å². The molecule has 0 spiro atoms. The van der Waals surface area contributed by atoms with Gasteiger partial charge in [-0.3, -0.25) is 4.79 Å². The second-order valence-corrected chi connectivity index (χ2v) is 6.77. The first-order valence-corrected chi connectivity index (χ1v) is 8.97. The summed E-state index contributed by atoms with van der Waals surface area (Å²) in [5, 5.41) is 13.3. The molecule has 0 radical (unpaired) electrons. The van der Waals surface area contributed by atoms with Crippen LogP contribution in [0.15, 0.2) is 64.6 Å². The molecule has 6 nitrogen and oxygen atoms in total. The average Bonchev–Trinajstić information content (AvgIpc) is 3.39. The number of carbonyl (C=O) groups is 1. The standard InChI is InChI=1S/C19H16N4O2S/c1-13-17(18(22-25-13)14-6-3-2-4-7-14)19(24)21-16-9-10-20-23(16)12-15-8-5-11-26-15/h2-11H,12H2,1H3,(H,21,24). The van der Waals surface area contributed by atoms with Crippen molar-refractivity contribution >= 4 is 23.1 Å². The van der Waals surface area contributed by atoms with E-state index in [-0.39, 0.29) is 5.91 Å². The maximum atomic E-state index is 12.9. The highest BCUT2D eigenvalue weighted by molar-refractivity contribution is 7.09. The first-order valence-electron chi connectivity index (χ1n) is 8.09. The van der Waals surface area contributed by atoms with Crippen LogP contribution in [0.4, 0.5) is 5.82 Å². The van der Waals surface area contributed by atoms with Gasteiger partial charge in [-0.15, -0.1) is 11.3 Å². The Bertz CT molecular complexity index is 1020. The fourth-order valence-corrected chi connectivity index (χ4v) is 3.41. The Kier molecular flexibility index (Phi) is 4.37. The Labute approximate surface area is 154 Å². The Morgan fingerprint density at radius 2 is 2.04 bits per heavy atom. The van der Waals surface area contributed by atoms with E-state index in [4.69, 9.17) is 4.52 Å². The molecule has 0 saturated heterocycles. The van der Waals surface area contributed by atoms with Crippen LogP contribution in [0.3, 0.4) is 0 Å². The number of amides is 1. The van der Waals surface area contributed by atoms with Crippen LogP contribution in [-0.4, -0.2) is 20.8 Å². The molecule has 0 saturated carbocycles. The van der Waals surface area contributed by atoms with Crippen LogP contribution in [0, 0.1) is 6.92 Å². The lowest BCUT2D eigenvalue weighted by Crippen LogP contribution is -2.17. The Morgan fingerprint density at radius 1 is 1.19 bits per heavy atom. The molecule has 3 aromatic heterocycles. The van der Waals surface area contributed by atoms with Crippen LogP contribution in [-0.2, 0) is 6.54 Å². The molecule has 26 heavy (non-hydrogen) atoms. The van der Waals surface area contributed by atoms with E-state index in [1.807, 2.05) is 47.8 Å². The number of aryl methyl sites for hydroxylation is 1. The zero-order valence-electron chi connectivity index (χ0n) is 14.0. The third-order valence-corrected chi connectivity index (χ3v) is 4.84. The topological polar surface area (TPSA) is 73.0 Å². The van der Waals surface area contributed by atoms with Crippen molar-refractivity contribution in [2.75, 3.05) is 5.32 Å². The number of benzene rings is 1. The molecule has 0 aliphatic carbocycles. The summed E-state index contributed by atoms with van der Waals surface area (Å²) in [6.45, 7) is 2.34. The Balaban J connectivity index is 1.61. The summed E-state index contributed by atoms with van der Waals surface area (Å²) in [6, 6.07) is 15.3. The minimum Gasteiger partial charge on any atom is -0.360 e. The molecular weight excluding hydrogens is 348 g/mol. The lowest BCUT2D eigenvalue weighted by atomic mass is 10.1. The van der Waals surface area contributed by atoms with Crippen molar-refractivity contribution in [1.29, 1.82) is 0 Å². The van der Waals surface area contributed by atoms with Gasteiger partial charge in [-0.1, -0.05) is 41.6 Å². The normalized spacial score (nSPS) is 10.8. The number of rotatable bonds is 5. The quantitative estimate of drug-likeness (QED) is 0.576. The Morgan fingerprint density at radius 3 is 2.81 bits per heavy atom. The molecule has 4 aromatic rings. The summed E-state index contributed by atoms with van der Waals surface area (Å²) in [6.07, 6.45) is 1.67. The lowest BCUT2D eigenvalue weighted by Gasteiger charge is -2.08. The third-order valence-electron chi connectivity index (χ3n) is 3.98. The van der Waals surface area contributed by atoms with Gasteiger partial charge in [0.05, 0.1) is 12.7 Å². The van der Waals surface area contributed by atoms with Gasteiger partial charge in [-0.05, 0) is 18.4 Å². The molecule has 0 fully saturated rings. The van der Waals surface area contributed by atoms with Gasteiger partial charge in [-0.2, -0.15) is 5.10 Å². The van der Waals surface area contributed by atoms with Crippen molar-refractivity contribution in [3.8, 4) is 11.3 Å². The van der Waals surface area contributed by atoms with E-state index in [1.165, 1.54) is 0 Å². The summed E-state index contributed by atoms with van der Waals surface area (Å²) < 4.78 is 7.03. The maximum Gasteiger partial charge on any atom is 0.262 e. The van der Waals surface area contributed by atoms with Crippen molar-refractivity contribution in [2.45, 2.75) is 13.5 Å². The second kappa shape index (κ2) is 6.97. The van der Waals surface area contributed by atoms with E-state index in [2.05, 4.69) is 15.6 Å². The molecule has 4 rings (SSSR count). The lowest BCUT2D eigenvalue weighted by molar-refractivity contribution is 0.102. The Hall–Kier alpha value is -3.19. The van der Waals surface area contributed by atoms with Crippen LogP contribution in [0.1, 0.15) is 21.0 Å². The zero-order valence-corrected chi connectivity index (χ0v) is 14.9. The predicted octanol–water partition coefficient (Wildman–Crippen LogP) is 4.21. The monoisotopic (exact) mass is 364 g/mol. The van der Waals surface area contributed by atoms with Crippen LogP contribution in [0.5, 0.6) is 0 Å². The minimum absolute atomic E-state index is 0.268. The van der Waals surface area contributed by atoms with Crippen LogP contribution >= 0.6 is 11.3 Å². The van der Waals surface area contributed by atoms with Gasteiger partial charge < -0.3 is 9.84 Å². The molecule has 1 N–H and O–H groups in total. The highest BCUT2D eigenvalue weighted by Gasteiger charge is 2.22. The molecular formula is C19H16N4O2S. The van der Waals surface area contributed by atoms with E-state index in [1.54, 1.807) is 35.2 Å². The van der Waals surface area contributed by atoms with Crippen LogP contribution in [0.2, 0.25) is 0 Å². The van der Waals surface area contributed by atoms with Crippen molar-refractivity contribution in [2.24, 2.45) is 0 Å². The minimum atomic E-state index is -0.268. The van der Waals surface area contributed by atoms with Gasteiger partial charge in [0, 0.05) is 16.5 Å². The summed E-state index contributed by atoms with van der Waals surface area (Å²) in [4.78, 5) is 14.1. The SMILES string of the molecule is Cc1onc(-c2ccccc2)c1C(=O)Nc1ccnn1Cc1cccs1. The smallest absolute Gasteiger partial charge is 0.262 e. The molecule has 130 valence electrons. The average molecular weight is 364 g/mol. The molecule has 0 aliphatic rings. The first kappa shape index (κ1) is 16.3. The molecule has 3 heterocycles. The number of carbonyl (C=O) groups excluding carboxylic acids is 1. The van der Waals surface area contributed by atoms with Crippen molar-refractivity contribution < 1.29 is 9.32 Å². The number of hydrogen-bond acceptors (Lipinski definition) is 5. The van der Waals surface area contributed by atoms with Gasteiger partial charge >= 0.3 is 0 Å². The number of hydrogen-bond donors (Lipinski definition) is 1. The van der Waals surface area contributed by atoms with Crippen molar-refractivity contribution in [1.82, 2.24) is 14.9 Å². The summed E-state index contributed by atoms with van der Waals surface area (Å²) in [7, 11) is 0. The van der Waals surface area contributed by atoms with E-state index in [0.29, 0.717) is 29.4 Å². The number of thiophene rings is 1.